The average molecular weight is 410 g/mol. The van der Waals surface area contributed by atoms with Crippen molar-refractivity contribution in [3.8, 4) is 11.3 Å². The van der Waals surface area contributed by atoms with Crippen LogP contribution in [0.1, 0.15) is 47.4 Å². The second-order valence-corrected chi connectivity index (χ2v) is 9.31. The molecule has 0 fully saturated rings. The molecular weight excluding hydrogens is 382 g/mol. The van der Waals surface area contributed by atoms with Crippen LogP contribution in [0, 0.1) is 5.92 Å². The molecule has 2 aliphatic carbocycles. The molecule has 0 bridgehead atoms. The van der Waals surface area contributed by atoms with Gasteiger partial charge < -0.3 is 4.52 Å². The summed E-state index contributed by atoms with van der Waals surface area (Å²) in [7, 11) is 2.10. The van der Waals surface area contributed by atoms with Gasteiger partial charge in [0.2, 0.25) is 0 Å². The summed E-state index contributed by atoms with van der Waals surface area (Å²) in [4.78, 5) is 0. The Labute approximate surface area is 182 Å². The zero-order valence-corrected chi connectivity index (χ0v) is 18.1. The predicted octanol–water partition coefficient (Wildman–Crippen LogP) is 5.48. The van der Waals surface area contributed by atoms with Crippen LogP contribution in [-0.4, -0.2) is 14.9 Å². The molecule has 4 nitrogen and oxygen atoms in total. The first-order valence-electron chi connectivity index (χ1n) is 11.3. The van der Waals surface area contributed by atoms with Crippen LogP contribution in [0.4, 0.5) is 0 Å². The molecule has 2 aliphatic rings. The topological polar surface area (TPSA) is 43.9 Å². The van der Waals surface area contributed by atoms with Gasteiger partial charge in [0, 0.05) is 35.1 Å². The van der Waals surface area contributed by atoms with E-state index < -0.39 is 0 Å². The van der Waals surface area contributed by atoms with Crippen molar-refractivity contribution < 1.29 is 4.52 Å². The van der Waals surface area contributed by atoms with E-state index in [0.29, 0.717) is 11.8 Å². The molecule has 0 spiro atoms. The van der Waals surface area contributed by atoms with E-state index in [0.717, 1.165) is 31.4 Å². The van der Waals surface area contributed by atoms with Gasteiger partial charge in [0.1, 0.15) is 5.76 Å². The number of hydrogen-bond acceptors (Lipinski definition) is 3. The van der Waals surface area contributed by atoms with Gasteiger partial charge in [-0.05, 0) is 37.2 Å². The van der Waals surface area contributed by atoms with Gasteiger partial charge in [-0.3, -0.25) is 4.68 Å². The molecule has 156 valence electrons. The molecule has 2 aromatic carbocycles. The van der Waals surface area contributed by atoms with Gasteiger partial charge in [-0.2, -0.15) is 5.10 Å². The molecule has 0 amide bonds. The lowest BCUT2D eigenvalue weighted by Gasteiger charge is -2.48. The van der Waals surface area contributed by atoms with E-state index in [1.54, 1.807) is 0 Å². The lowest BCUT2D eigenvalue weighted by Crippen LogP contribution is -2.48. The first-order valence-corrected chi connectivity index (χ1v) is 11.3. The summed E-state index contributed by atoms with van der Waals surface area (Å²) >= 11 is 0. The Morgan fingerprint density at radius 1 is 1.06 bits per heavy atom. The summed E-state index contributed by atoms with van der Waals surface area (Å²) in [6, 6.07) is 21.6. The maximum absolute atomic E-state index is 5.72. The second kappa shape index (κ2) is 6.94. The molecule has 3 atom stereocenters. The minimum absolute atomic E-state index is 0.0440. The number of nitrogens with zero attached hydrogens (tertiary/aromatic N) is 3. The SMILES string of the molecule is CC1c2oncc2CC2(Cc3ccccc3)c3nn(C)c(-c4ccccc4)c3CCC12. The summed E-state index contributed by atoms with van der Waals surface area (Å²) in [6.45, 7) is 2.32. The Balaban J connectivity index is 1.57. The largest absolute Gasteiger partial charge is 0.361 e. The molecule has 2 aromatic heterocycles. The van der Waals surface area contributed by atoms with Crippen molar-refractivity contribution >= 4 is 0 Å². The van der Waals surface area contributed by atoms with Crippen LogP contribution in [0.25, 0.3) is 11.3 Å². The minimum atomic E-state index is -0.0440. The van der Waals surface area contributed by atoms with E-state index >= 15 is 0 Å². The standard InChI is InChI=1S/C27H27N3O/c1-18-23-14-13-22-24(20-11-7-4-8-12-20)30(2)29-26(22)27(23,15-19-9-5-3-6-10-19)16-21-17-28-31-25(18)21/h3-12,17-18,23H,13-16H2,1-2H3. The van der Waals surface area contributed by atoms with Crippen molar-refractivity contribution in [2.45, 2.75) is 43.9 Å². The Morgan fingerprint density at radius 3 is 2.58 bits per heavy atom. The number of hydrogen-bond donors (Lipinski definition) is 0. The van der Waals surface area contributed by atoms with E-state index in [-0.39, 0.29) is 5.41 Å². The van der Waals surface area contributed by atoms with Crippen molar-refractivity contribution in [1.82, 2.24) is 14.9 Å². The second-order valence-electron chi connectivity index (χ2n) is 9.31. The zero-order chi connectivity index (χ0) is 21.0. The summed E-state index contributed by atoms with van der Waals surface area (Å²) < 4.78 is 7.84. The fourth-order valence-corrected chi connectivity index (χ4v) is 6.39. The van der Waals surface area contributed by atoms with Crippen LogP contribution in [0.3, 0.4) is 0 Å². The van der Waals surface area contributed by atoms with E-state index in [2.05, 4.69) is 84.5 Å². The monoisotopic (exact) mass is 409 g/mol. The van der Waals surface area contributed by atoms with Crippen molar-refractivity contribution in [3.63, 3.8) is 0 Å². The van der Waals surface area contributed by atoms with E-state index in [1.807, 2.05) is 6.20 Å². The molecule has 4 heteroatoms. The van der Waals surface area contributed by atoms with Crippen LogP contribution in [0.15, 0.2) is 71.4 Å². The summed E-state index contributed by atoms with van der Waals surface area (Å²) in [5.74, 6) is 1.90. The maximum atomic E-state index is 5.72. The zero-order valence-electron chi connectivity index (χ0n) is 18.1. The molecule has 0 aliphatic heterocycles. The quantitative estimate of drug-likeness (QED) is 0.450. The maximum Gasteiger partial charge on any atom is 0.143 e. The highest BCUT2D eigenvalue weighted by Crippen LogP contribution is 2.56. The van der Waals surface area contributed by atoms with Gasteiger partial charge in [-0.1, -0.05) is 72.7 Å². The molecule has 0 radical (unpaired) electrons. The average Bonchev–Trinajstić information content (AvgIpc) is 3.39. The van der Waals surface area contributed by atoms with Gasteiger partial charge in [0.05, 0.1) is 17.6 Å². The van der Waals surface area contributed by atoms with Gasteiger partial charge in [-0.25, -0.2) is 0 Å². The highest BCUT2D eigenvalue weighted by Gasteiger charge is 2.53. The molecular formula is C27H27N3O. The van der Waals surface area contributed by atoms with Crippen molar-refractivity contribution in [3.05, 3.63) is 95.0 Å². The number of benzene rings is 2. The fourth-order valence-electron chi connectivity index (χ4n) is 6.39. The van der Waals surface area contributed by atoms with Gasteiger partial charge in [0.15, 0.2) is 0 Å². The third-order valence-electron chi connectivity index (χ3n) is 7.64. The molecule has 0 N–H and O–H groups in total. The van der Waals surface area contributed by atoms with Crippen LogP contribution >= 0.6 is 0 Å². The molecule has 4 aromatic rings. The fraction of sp³-hybridized carbons (Fsp3) is 0.333. The third-order valence-corrected chi connectivity index (χ3v) is 7.64. The van der Waals surface area contributed by atoms with Crippen LogP contribution in [0.2, 0.25) is 0 Å². The molecule has 0 saturated carbocycles. The van der Waals surface area contributed by atoms with Crippen molar-refractivity contribution in [2.24, 2.45) is 13.0 Å². The Bertz CT molecular complexity index is 1220. The van der Waals surface area contributed by atoms with E-state index in [9.17, 15) is 0 Å². The predicted molar refractivity (Wildman–Crippen MR) is 121 cm³/mol. The highest BCUT2D eigenvalue weighted by atomic mass is 16.5. The smallest absolute Gasteiger partial charge is 0.143 e. The Kier molecular flexibility index (Phi) is 4.17. The molecule has 2 heterocycles. The summed E-state index contributed by atoms with van der Waals surface area (Å²) in [5, 5.41) is 9.41. The minimum Gasteiger partial charge on any atom is -0.361 e. The number of rotatable bonds is 3. The normalized spacial score (nSPS) is 24.3. The third kappa shape index (κ3) is 2.74. The van der Waals surface area contributed by atoms with Gasteiger partial charge in [-0.15, -0.1) is 0 Å². The molecule has 6 rings (SSSR count). The molecule has 31 heavy (non-hydrogen) atoms. The number of fused-ring (bicyclic) bond motifs is 4. The number of aromatic nitrogens is 3. The van der Waals surface area contributed by atoms with Crippen LogP contribution in [0.5, 0.6) is 0 Å². The van der Waals surface area contributed by atoms with Gasteiger partial charge >= 0.3 is 0 Å². The van der Waals surface area contributed by atoms with Crippen molar-refractivity contribution in [1.29, 1.82) is 0 Å². The Morgan fingerprint density at radius 2 is 1.81 bits per heavy atom. The lowest BCUT2D eigenvalue weighted by molar-refractivity contribution is 0.155. The highest BCUT2D eigenvalue weighted by molar-refractivity contribution is 5.66. The van der Waals surface area contributed by atoms with E-state index in [1.165, 1.54) is 33.6 Å². The molecule has 3 unspecified atom stereocenters. The van der Waals surface area contributed by atoms with Crippen molar-refractivity contribution in [2.75, 3.05) is 0 Å². The number of aryl methyl sites for hydroxylation is 1. The van der Waals surface area contributed by atoms with Crippen LogP contribution < -0.4 is 0 Å². The summed E-state index contributed by atoms with van der Waals surface area (Å²) in [6.07, 6.45) is 6.07. The Hall–Kier alpha value is -3.14. The first-order chi connectivity index (χ1) is 15.2. The summed E-state index contributed by atoms with van der Waals surface area (Å²) in [5.41, 5.74) is 7.81. The van der Waals surface area contributed by atoms with Gasteiger partial charge in [0.25, 0.3) is 0 Å². The van der Waals surface area contributed by atoms with E-state index in [4.69, 9.17) is 9.62 Å². The van der Waals surface area contributed by atoms with Crippen LogP contribution in [-0.2, 0) is 31.7 Å². The molecule has 0 saturated heterocycles. The lowest BCUT2D eigenvalue weighted by atomic mass is 9.54. The first kappa shape index (κ1) is 18.6.